The van der Waals surface area contributed by atoms with Crippen LogP contribution in [-0.4, -0.2) is 16.3 Å². The second-order valence-electron chi connectivity index (χ2n) is 3.87. The van der Waals surface area contributed by atoms with Crippen LogP contribution in [0.15, 0.2) is 28.7 Å². The molecule has 0 fully saturated rings. The van der Waals surface area contributed by atoms with Crippen LogP contribution < -0.4 is 0 Å². The number of ketones is 1. The van der Waals surface area contributed by atoms with Crippen molar-refractivity contribution in [2.75, 3.05) is 0 Å². The van der Waals surface area contributed by atoms with Crippen LogP contribution in [0.25, 0.3) is 0 Å². The van der Waals surface area contributed by atoms with E-state index in [1.54, 1.807) is 11.8 Å². The Morgan fingerprint density at radius 3 is 2.38 bits per heavy atom. The fraction of sp³-hybridized carbons (Fsp3) is 0.462. The number of benzene rings is 1. The SMILES string of the molecule is CCC(C)SC(C)C(=O)c1ccc(Br)cc1. The van der Waals surface area contributed by atoms with Crippen LogP contribution in [0.1, 0.15) is 37.6 Å². The van der Waals surface area contributed by atoms with E-state index in [1.165, 1.54) is 0 Å². The van der Waals surface area contributed by atoms with Crippen molar-refractivity contribution >= 4 is 33.5 Å². The Hall–Kier alpha value is -0.280. The molecule has 3 heteroatoms. The fourth-order valence-corrected chi connectivity index (χ4v) is 2.77. The predicted molar refractivity (Wildman–Crippen MR) is 75.3 cm³/mol. The van der Waals surface area contributed by atoms with Crippen molar-refractivity contribution in [3.05, 3.63) is 34.3 Å². The molecular formula is C13H17BrOS. The number of rotatable bonds is 5. The maximum absolute atomic E-state index is 12.1. The second-order valence-corrected chi connectivity index (χ2v) is 6.57. The number of hydrogen-bond donors (Lipinski definition) is 0. The smallest absolute Gasteiger partial charge is 0.175 e. The van der Waals surface area contributed by atoms with Gasteiger partial charge >= 0.3 is 0 Å². The predicted octanol–water partition coefficient (Wildman–Crippen LogP) is 4.55. The van der Waals surface area contributed by atoms with Gasteiger partial charge in [0.25, 0.3) is 0 Å². The van der Waals surface area contributed by atoms with Crippen molar-refractivity contribution in [3.63, 3.8) is 0 Å². The number of Topliss-reactive ketones (excluding diaryl/α,β-unsaturated/α-hetero) is 1. The largest absolute Gasteiger partial charge is 0.293 e. The van der Waals surface area contributed by atoms with E-state index >= 15 is 0 Å². The molecule has 88 valence electrons. The standard InChI is InChI=1S/C13H17BrOS/c1-4-9(2)16-10(3)13(15)11-5-7-12(14)8-6-11/h5-10H,4H2,1-3H3. The lowest BCUT2D eigenvalue weighted by Crippen LogP contribution is -2.16. The summed E-state index contributed by atoms with van der Waals surface area (Å²) in [5.41, 5.74) is 0.798. The molecular weight excluding hydrogens is 284 g/mol. The molecule has 0 aliphatic carbocycles. The number of halogens is 1. The molecule has 0 aliphatic rings. The minimum atomic E-state index is 0.0381. The van der Waals surface area contributed by atoms with E-state index in [2.05, 4.69) is 29.8 Å². The summed E-state index contributed by atoms with van der Waals surface area (Å²) in [6.45, 7) is 6.30. The molecule has 2 unspecified atom stereocenters. The van der Waals surface area contributed by atoms with Gasteiger partial charge in [-0.25, -0.2) is 0 Å². The number of carbonyl (C=O) groups excluding carboxylic acids is 1. The highest BCUT2D eigenvalue weighted by Gasteiger charge is 2.17. The van der Waals surface area contributed by atoms with Crippen molar-refractivity contribution in [2.45, 2.75) is 37.7 Å². The number of thioether (sulfide) groups is 1. The molecule has 16 heavy (non-hydrogen) atoms. The average Bonchev–Trinajstić information content (AvgIpc) is 2.28. The van der Waals surface area contributed by atoms with E-state index in [0.29, 0.717) is 5.25 Å². The molecule has 0 spiro atoms. The quantitative estimate of drug-likeness (QED) is 0.742. The van der Waals surface area contributed by atoms with Gasteiger partial charge in [-0.05, 0) is 25.5 Å². The van der Waals surface area contributed by atoms with Crippen molar-refractivity contribution < 1.29 is 4.79 Å². The second kappa shape index (κ2) is 6.45. The summed E-state index contributed by atoms with van der Waals surface area (Å²) >= 11 is 5.11. The van der Waals surface area contributed by atoms with Gasteiger partial charge in [-0.2, -0.15) is 0 Å². The van der Waals surface area contributed by atoms with Crippen molar-refractivity contribution in [3.8, 4) is 0 Å². The molecule has 0 aliphatic heterocycles. The maximum Gasteiger partial charge on any atom is 0.175 e. The Balaban J connectivity index is 2.67. The van der Waals surface area contributed by atoms with E-state index in [9.17, 15) is 4.79 Å². The Morgan fingerprint density at radius 2 is 1.88 bits per heavy atom. The van der Waals surface area contributed by atoms with Crippen LogP contribution in [0.4, 0.5) is 0 Å². The molecule has 0 amide bonds. The van der Waals surface area contributed by atoms with Crippen molar-refractivity contribution in [1.82, 2.24) is 0 Å². The lowest BCUT2D eigenvalue weighted by Gasteiger charge is -2.14. The van der Waals surface area contributed by atoms with Crippen molar-refractivity contribution in [1.29, 1.82) is 0 Å². The molecule has 0 aromatic heterocycles. The van der Waals surface area contributed by atoms with Gasteiger partial charge in [-0.15, -0.1) is 11.8 Å². The summed E-state index contributed by atoms with van der Waals surface area (Å²) in [6.07, 6.45) is 1.10. The molecule has 1 aromatic rings. The van der Waals surface area contributed by atoms with Gasteiger partial charge in [-0.1, -0.05) is 41.9 Å². The molecule has 0 saturated heterocycles. The Bertz CT molecular complexity index is 347. The van der Waals surface area contributed by atoms with E-state index < -0.39 is 0 Å². The number of carbonyl (C=O) groups is 1. The summed E-state index contributed by atoms with van der Waals surface area (Å²) < 4.78 is 1.01. The summed E-state index contributed by atoms with van der Waals surface area (Å²) in [5.74, 6) is 0.220. The average molecular weight is 301 g/mol. The molecule has 2 atom stereocenters. The third-order valence-electron chi connectivity index (χ3n) is 2.51. The van der Waals surface area contributed by atoms with E-state index in [1.807, 2.05) is 31.2 Å². The van der Waals surface area contributed by atoms with Gasteiger partial charge in [0.15, 0.2) is 5.78 Å². The lowest BCUT2D eigenvalue weighted by atomic mass is 10.1. The van der Waals surface area contributed by atoms with Gasteiger partial charge in [0, 0.05) is 15.3 Å². The third-order valence-corrected chi connectivity index (χ3v) is 4.46. The van der Waals surface area contributed by atoms with E-state index in [4.69, 9.17) is 0 Å². The zero-order valence-electron chi connectivity index (χ0n) is 9.87. The first-order valence-electron chi connectivity index (χ1n) is 5.49. The van der Waals surface area contributed by atoms with Crippen LogP contribution in [-0.2, 0) is 0 Å². The zero-order valence-corrected chi connectivity index (χ0v) is 12.3. The highest BCUT2D eigenvalue weighted by molar-refractivity contribution is 9.10. The maximum atomic E-state index is 12.1. The summed E-state index contributed by atoms with van der Waals surface area (Å²) in [6, 6.07) is 7.57. The van der Waals surface area contributed by atoms with Gasteiger partial charge in [0.2, 0.25) is 0 Å². The first-order chi connectivity index (χ1) is 7.54. The fourth-order valence-electron chi connectivity index (χ4n) is 1.36. The molecule has 0 radical (unpaired) electrons. The summed E-state index contributed by atoms with van der Waals surface area (Å²) in [7, 11) is 0. The van der Waals surface area contributed by atoms with Crippen LogP contribution in [0.2, 0.25) is 0 Å². The van der Waals surface area contributed by atoms with E-state index in [0.717, 1.165) is 16.5 Å². The minimum Gasteiger partial charge on any atom is -0.293 e. The van der Waals surface area contributed by atoms with Crippen LogP contribution in [0.5, 0.6) is 0 Å². The van der Waals surface area contributed by atoms with Crippen LogP contribution >= 0.6 is 27.7 Å². The highest BCUT2D eigenvalue weighted by atomic mass is 79.9. The molecule has 1 aromatic carbocycles. The zero-order chi connectivity index (χ0) is 12.1. The summed E-state index contributed by atoms with van der Waals surface area (Å²) in [4.78, 5) is 12.1. The minimum absolute atomic E-state index is 0.0381. The van der Waals surface area contributed by atoms with Crippen LogP contribution in [0.3, 0.4) is 0 Å². The first-order valence-corrected chi connectivity index (χ1v) is 7.23. The molecule has 1 rings (SSSR count). The highest BCUT2D eigenvalue weighted by Crippen LogP contribution is 2.23. The normalized spacial score (nSPS) is 14.5. The molecule has 0 bridgehead atoms. The van der Waals surface area contributed by atoms with Gasteiger partial charge in [0.1, 0.15) is 0 Å². The lowest BCUT2D eigenvalue weighted by molar-refractivity contribution is 0.0994. The van der Waals surface area contributed by atoms with Gasteiger partial charge < -0.3 is 0 Å². The topological polar surface area (TPSA) is 17.1 Å². The Labute approximate surface area is 110 Å². The number of hydrogen-bond acceptors (Lipinski definition) is 2. The monoisotopic (exact) mass is 300 g/mol. The van der Waals surface area contributed by atoms with Gasteiger partial charge in [-0.3, -0.25) is 4.79 Å². The molecule has 0 saturated carbocycles. The van der Waals surface area contributed by atoms with Crippen molar-refractivity contribution in [2.24, 2.45) is 0 Å². The Kier molecular flexibility index (Phi) is 5.56. The third kappa shape index (κ3) is 3.95. The molecule has 0 heterocycles. The van der Waals surface area contributed by atoms with Gasteiger partial charge in [0.05, 0.1) is 5.25 Å². The molecule has 0 N–H and O–H groups in total. The van der Waals surface area contributed by atoms with E-state index in [-0.39, 0.29) is 11.0 Å². The molecule has 1 nitrogen and oxygen atoms in total. The van der Waals surface area contributed by atoms with Crippen LogP contribution in [0, 0.1) is 0 Å². The first kappa shape index (κ1) is 13.8. The Morgan fingerprint density at radius 1 is 1.31 bits per heavy atom. The summed E-state index contributed by atoms with van der Waals surface area (Å²) in [5, 5.41) is 0.575.